The predicted octanol–water partition coefficient (Wildman–Crippen LogP) is 2.90. The Labute approximate surface area is 131 Å². The maximum absolute atomic E-state index is 12.4. The predicted molar refractivity (Wildman–Crippen MR) is 88.4 cm³/mol. The molecule has 0 saturated heterocycles. The van der Waals surface area contributed by atoms with Crippen molar-refractivity contribution in [2.75, 3.05) is 13.1 Å². The van der Waals surface area contributed by atoms with E-state index in [1.807, 2.05) is 11.0 Å². The lowest BCUT2D eigenvalue weighted by molar-refractivity contribution is -0.132. The number of hydrogen-bond donors (Lipinski definition) is 1. The van der Waals surface area contributed by atoms with E-state index in [4.69, 9.17) is 5.73 Å². The number of carbonyl (C=O) groups excluding carboxylic acids is 1. The first-order valence-corrected chi connectivity index (χ1v) is 7.90. The Kier molecular flexibility index (Phi) is 4.54. The van der Waals surface area contributed by atoms with Gasteiger partial charge in [-0.05, 0) is 29.7 Å². The number of nitrogens with zero attached hydrogens (tertiary/aromatic N) is 1. The fourth-order valence-electron chi connectivity index (χ4n) is 3.18. The summed E-state index contributed by atoms with van der Waals surface area (Å²) >= 11 is 0. The molecule has 1 atom stereocenters. The number of carbonyl (C=O) groups is 1. The van der Waals surface area contributed by atoms with Crippen LogP contribution in [-0.4, -0.2) is 23.9 Å². The first-order chi connectivity index (χ1) is 10.8. The molecule has 2 N–H and O–H groups in total. The Morgan fingerprint density at radius 2 is 1.82 bits per heavy atom. The summed E-state index contributed by atoms with van der Waals surface area (Å²) in [5.41, 5.74) is 9.40. The summed E-state index contributed by atoms with van der Waals surface area (Å²) in [5.74, 6) is 0.467. The SMILES string of the molecule is NCCCC(=O)N1Cc2ccccc2C(c2ccccc2)C1. The van der Waals surface area contributed by atoms with Crippen molar-refractivity contribution < 1.29 is 4.79 Å². The maximum atomic E-state index is 12.4. The zero-order valence-electron chi connectivity index (χ0n) is 12.7. The van der Waals surface area contributed by atoms with Crippen molar-refractivity contribution in [1.82, 2.24) is 4.90 Å². The van der Waals surface area contributed by atoms with Crippen LogP contribution in [0.4, 0.5) is 0 Å². The topological polar surface area (TPSA) is 46.3 Å². The summed E-state index contributed by atoms with van der Waals surface area (Å²) in [4.78, 5) is 14.4. The van der Waals surface area contributed by atoms with Gasteiger partial charge in [-0.15, -0.1) is 0 Å². The summed E-state index contributed by atoms with van der Waals surface area (Å²) in [6.07, 6.45) is 1.30. The Morgan fingerprint density at radius 1 is 1.09 bits per heavy atom. The van der Waals surface area contributed by atoms with Crippen LogP contribution in [0.5, 0.6) is 0 Å². The second-order valence-electron chi connectivity index (χ2n) is 5.83. The molecule has 1 heterocycles. The molecule has 2 aromatic rings. The van der Waals surface area contributed by atoms with Crippen molar-refractivity contribution >= 4 is 5.91 Å². The lowest BCUT2D eigenvalue weighted by Crippen LogP contribution is -2.38. The number of fused-ring (bicyclic) bond motifs is 1. The molecule has 2 aromatic carbocycles. The molecule has 0 aliphatic carbocycles. The second-order valence-corrected chi connectivity index (χ2v) is 5.83. The molecule has 0 spiro atoms. The molecule has 3 heteroatoms. The van der Waals surface area contributed by atoms with Gasteiger partial charge in [-0.2, -0.15) is 0 Å². The fraction of sp³-hybridized carbons (Fsp3) is 0.316. The van der Waals surface area contributed by atoms with E-state index in [-0.39, 0.29) is 11.8 Å². The minimum atomic E-state index is 0.209. The van der Waals surface area contributed by atoms with Gasteiger partial charge in [0.15, 0.2) is 0 Å². The Hall–Kier alpha value is -2.13. The standard InChI is InChI=1S/C19H22N2O/c20-12-6-11-19(22)21-13-16-9-4-5-10-17(16)18(14-21)15-7-2-1-3-8-15/h1-5,7-10,18H,6,11-14,20H2. The summed E-state index contributed by atoms with van der Waals surface area (Å²) in [5, 5.41) is 0. The van der Waals surface area contributed by atoms with Gasteiger partial charge in [0.1, 0.15) is 0 Å². The highest BCUT2D eigenvalue weighted by molar-refractivity contribution is 5.76. The van der Waals surface area contributed by atoms with Gasteiger partial charge in [0.25, 0.3) is 0 Å². The van der Waals surface area contributed by atoms with Gasteiger partial charge in [-0.3, -0.25) is 4.79 Å². The van der Waals surface area contributed by atoms with E-state index in [1.54, 1.807) is 0 Å². The van der Waals surface area contributed by atoms with Gasteiger partial charge in [0.05, 0.1) is 0 Å². The normalized spacial score (nSPS) is 17.1. The lowest BCUT2D eigenvalue weighted by atomic mass is 9.84. The highest BCUT2D eigenvalue weighted by Crippen LogP contribution is 2.33. The number of hydrogen-bond acceptors (Lipinski definition) is 2. The van der Waals surface area contributed by atoms with E-state index < -0.39 is 0 Å². The van der Waals surface area contributed by atoms with Crippen molar-refractivity contribution in [2.24, 2.45) is 5.73 Å². The zero-order chi connectivity index (χ0) is 15.4. The summed E-state index contributed by atoms with van der Waals surface area (Å²) in [6, 6.07) is 18.9. The summed E-state index contributed by atoms with van der Waals surface area (Å²) < 4.78 is 0. The van der Waals surface area contributed by atoms with Crippen LogP contribution in [0, 0.1) is 0 Å². The zero-order valence-corrected chi connectivity index (χ0v) is 12.7. The van der Waals surface area contributed by atoms with Crippen LogP contribution >= 0.6 is 0 Å². The van der Waals surface area contributed by atoms with Crippen LogP contribution in [0.1, 0.15) is 35.4 Å². The number of nitrogens with two attached hydrogens (primary N) is 1. The fourth-order valence-corrected chi connectivity index (χ4v) is 3.18. The first-order valence-electron chi connectivity index (χ1n) is 7.90. The molecule has 1 aliphatic rings. The monoisotopic (exact) mass is 294 g/mol. The Balaban J connectivity index is 1.90. The molecule has 0 bridgehead atoms. The van der Waals surface area contributed by atoms with Crippen molar-refractivity contribution in [3.8, 4) is 0 Å². The molecule has 1 aliphatic heterocycles. The van der Waals surface area contributed by atoms with Gasteiger partial charge in [-0.25, -0.2) is 0 Å². The lowest BCUT2D eigenvalue weighted by Gasteiger charge is -2.35. The van der Waals surface area contributed by atoms with E-state index in [1.165, 1.54) is 16.7 Å². The molecule has 22 heavy (non-hydrogen) atoms. The van der Waals surface area contributed by atoms with E-state index >= 15 is 0 Å². The number of amides is 1. The molecule has 0 aromatic heterocycles. The smallest absolute Gasteiger partial charge is 0.222 e. The average molecular weight is 294 g/mol. The molecule has 0 saturated carbocycles. The van der Waals surface area contributed by atoms with Crippen molar-refractivity contribution in [2.45, 2.75) is 25.3 Å². The van der Waals surface area contributed by atoms with Gasteiger partial charge < -0.3 is 10.6 Å². The second kappa shape index (κ2) is 6.75. The third kappa shape index (κ3) is 3.04. The Morgan fingerprint density at radius 3 is 2.59 bits per heavy atom. The summed E-state index contributed by atoms with van der Waals surface area (Å²) in [7, 11) is 0. The highest BCUT2D eigenvalue weighted by atomic mass is 16.2. The average Bonchev–Trinajstić information content (AvgIpc) is 2.59. The molecule has 3 rings (SSSR count). The molecular weight excluding hydrogens is 272 g/mol. The van der Waals surface area contributed by atoms with Crippen LogP contribution < -0.4 is 5.73 Å². The van der Waals surface area contributed by atoms with E-state index in [2.05, 4.69) is 48.5 Å². The molecule has 1 amide bonds. The molecule has 0 radical (unpaired) electrons. The van der Waals surface area contributed by atoms with Crippen LogP contribution in [-0.2, 0) is 11.3 Å². The largest absolute Gasteiger partial charge is 0.337 e. The van der Waals surface area contributed by atoms with Crippen LogP contribution in [0.25, 0.3) is 0 Å². The minimum Gasteiger partial charge on any atom is -0.337 e. The Bertz CT molecular complexity index is 639. The van der Waals surface area contributed by atoms with Crippen LogP contribution in [0.2, 0.25) is 0 Å². The first kappa shape index (κ1) is 14.8. The van der Waals surface area contributed by atoms with E-state index in [9.17, 15) is 4.79 Å². The third-order valence-electron chi connectivity index (χ3n) is 4.34. The van der Waals surface area contributed by atoms with Gasteiger partial charge in [0, 0.05) is 25.4 Å². The molecule has 0 fully saturated rings. The van der Waals surface area contributed by atoms with Gasteiger partial charge in [0.2, 0.25) is 5.91 Å². The van der Waals surface area contributed by atoms with Crippen molar-refractivity contribution in [3.05, 3.63) is 71.3 Å². The molecule has 1 unspecified atom stereocenters. The number of benzene rings is 2. The molecule has 114 valence electrons. The minimum absolute atomic E-state index is 0.209. The number of rotatable bonds is 4. The van der Waals surface area contributed by atoms with Gasteiger partial charge in [-0.1, -0.05) is 54.6 Å². The summed E-state index contributed by atoms with van der Waals surface area (Å²) in [6.45, 7) is 2.03. The van der Waals surface area contributed by atoms with Crippen LogP contribution in [0.15, 0.2) is 54.6 Å². The van der Waals surface area contributed by atoms with Crippen molar-refractivity contribution in [3.63, 3.8) is 0 Å². The van der Waals surface area contributed by atoms with E-state index in [0.717, 1.165) is 13.0 Å². The van der Waals surface area contributed by atoms with E-state index in [0.29, 0.717) is 19.5 Å². The van der Waals surface area contributed by atoms with Crippen LogP contribution in [0.3, 0.4) is 0 Å². The molecular formula is C19H22N2O. The van der Waals surface area contributed by atoms with Gasteiger partial charge >= 0.3 is 0 Å². The highest BCUT2D eigenvalue weighted by Gasteiger charge is 2.28. The third-order valence-corrected chi connectivity index (χ3v) is 4.34. The quantitative estimate of drug-likeness (QED) is 0.942. The molecule has 3 nitrogen and oxygen atoms in total. The van der Waals surface area contributed by atoms with Crippen molar-refractivity contribution in [1.29, 1.82) is 0 Å². The maximum Gasteiger partial charge on any atom is 0.222 e.